The van der Waals surface area contributed by atoms with Gasteiger partial charge in [0.1, 0.15) is 17.4 Å². The molecular weight excluding hydrogens is 344 g/mol. The highest BCUT2D eigenvalue weighted by molar-refractivity contribution is 5.74. The van der Waals surface area contributed by atoms with E-state index in [1.54, 1.807) is 7.11 Å². The van der Waals surface area contributed by atoms with E-state index >= 15 is 0 Å². The highest BCUT2D eigenvalue weighted by atomic mass is 16.5. The molecule has 0 amide bonds. The summed E-state index contributed by atoms with van der Waals surface area (Å²) in [6.45, 7) is 2.56. The largest absolute Gasteiger partial charge is 0.497 e. The van der Waals surface area contributed by atoms with Gasteiger partial charge in [-0.15, -0.1) is 0 Å². The zero-order chi connectivity index (χ0) is 18.8. The molecule has 1 aromatic carbocycles. The van der Waals surface area contributed by atoms with Crippen molar-refractivity contribution >= 4 is 11.6 Å². The Labute approximate surface area is 157 Å². The van der Waals surface area contributed by atoms with Gasteiger partial charge in [-0.3, -0.25) is 9.69 Å². The lowest BCUT2D eigenvalue weighted by atomic mass is 10.1. The van der Waals surface area contributed by atoms with Gasteiger partial charge >= 0.3 is 5.97 Å². The molecule has 3 heterocycles. The van der Waals surface area contributed by atoms with Crippen LogP contribution in [0.2, 0.25) is 0 Å². The van der Waals surface area contributed by atoms with E-state index in [0.717, 1.165) is 34.9 Å². The molecule has 1 aliphatic rings. The molecule has 7 heteroatoms. The topological polar surface area (TPSA) is 79.1 Å². The standard InChI is InChI=1S/C20H22N4O3/c1-27-15-7-5-14(6-8-15)19-17(24-10-3-2-4-18(24)22-19)13-23-11-9-21-16(12-23)20(25)26/h2-8,10,16,21H,9,11-13H2,1H3,(H,25,26)/t16-/m1/s1. The molecule has 0 aliphatic carbocycles. The third-order valence-electron chi connectivity index (χ3n) is 4.92. The maximum Gasteiger partial charge on any atom is 0.322 e. The number of carboxylic acid groups (broad SMARTS) is 1. The Morgan fingerprint density at radius 3 is 2.85 bits per heavy atom. The first-order valence-corrected chi connectivity index (χ1v) is 8.94. The van der Waals surface area contributed by atoms with E-state index in [2.05, 4.69) is 14.6 Å². The van der Waals surface area contributed by atoms with Crippen LogP contribution >= 0.6 is 0 Å². The number of carboxylic acids is 1. The number of hydrogen-bond donors (Lipinski definition) is 2. The van der Waals surface area contributed by atoms with Gasteiger partial charge < -0.3 is 19.6 Å². The Kier molecular flexibility index (Phi) is 4.79. The van der Waals surface area contributed by atoms with Gasteiger partial charge in [-0.2, -0.15) is 0 Å². The highest BCUT2D eigenvalue weighted by Gasteiger charge is 2.26. The number of fused-ring (bicyclic) bond motifs is 1. The van der Waals surface area contributed by atoms with Crippen LogP contribution in [0, 0.1) is 0 Å². The van der Waals surface area contributed by atoms with Crippen molar-refractivity contribution in [3.8, 4) is 17.0 Å². The van der Waals surface area contributed by atoms with Crippen LogP contribution in [0.3, 0.4) is 0 Å². The van der Waals surface area contributed by atoms with Crippen LogP contribution in [-0.4, -0.2) is 58.1 Å². The van der Waals surface area contributed by atoms with Crippen LogP contribution in [-0.2, 0) is 11.3 Å². The van der Waals surface area contributed by atoms with E-state index < -0.39 is 12.0 Å². The van der Waals surface area contributed by atoms with Crippen molar-refractivity contribution in [1.29, 1.82) is 0 Å². The van der Waals surface area contributed by atoms with E-state index in [9.17, 15) is 9.90 Å². The van der Waals surface area contributed by atoms with Gasteiger partial charge in [0.05, 0.1) is 18.5 Å². The fraction of sp³-hybridized carbons (Fsp3) is 0.300. The molecule has 2 N–H and O–H groups in total. The Hall–Kier alpha value is -2.90. The molecule has 3 aromatic rings. The smallest absolute Gasteiger partial charge is 0.322 e. The number of carbonyl (C=O) groups is 1. The fourth-order valence-corrected chi connectivity index (χ4v) is 3.51. The van der Waals surface area contributed by atoms with Gasteiger partial charge in [0.2, 0.25) is 0 Å². The summed E-state index contributed by atoms with van der Waals surface area (Å²) in [7, 11) is 1.65. The third-order valence-corrected chi connectivity index (χ3v) is 4.92. The molecule has 140 valence electrons. The first kappa shape index (κ1) is 17.5. The summed E-state index contributed by atoms with van der Waals surface area (Å²) >= 11 is 0. The number of nitrogens with zero attached hydrogens (tertiary/aromatic N) is 3. The number of nitrogens with one attached hydrogen (secondary N) is 1. The maximum absolute atomic E-state index is 11.3. The number of aromatic nitrogens is 2. The SMILES string of the molecule is COc1ccc(-c2nc3ccccn3c2CN2CCN[C@@H](C(=O)O)C2)cc1. The lowest BCUT2D eigenvalue weighted by Gasteiger charge is -2.31. The summed E-state index contributed by atoms with van der Waals surface area (Å²) in [6, 6.07) is 13.2. The fourth-order valence-electron chi connectivity index (χ4n) is 3.51. The minimum atomic E-state index is -0.812. The molecule has 0 unspecified atom stereocenters. The Balaban J connectivity index is 1.71. The van der Waals surface area contributed by atoms with E-state index in [1.165, 1.54) is 0 Å². The molecule has 0 radical (unpaired) electrons. The summed E-state index contributed by atoms with van der Waals surface area (Å²) in [4.78, 5) is 18.3. The molecular formula is C20H22N4O3. The second-order valence-electron chi connectivity index (χ2n) is 6.64. The van der Waals surface area contributed by atoms with E-state index in [-0.39, 0.29) is 0 Å². The lowest BCUT2D eigenvalue weighted by molar-refractivity contribution is -0.140. The third kappa shape index (κ3) is 3.51. The monoisotopic (exact) mass is 366 g/mol. The lowest BCUT2D eigenvalue weighted by Crippen LogP contribution is -2.53. The molecule has 7 nitrogen and oxygen atoms in total. The van der Waals surface area contributed by atoms with Crippen molar-refractivity contribution < 1.29 is 14.6 Å². The number of benzene rings is 1. The number of rotatable bonds is 5. The first-order chi connectivity index (χ1) is 13.2. The van der Waals surface area contributed by atoms with E-state index in [0.29, 0.717) is 19.6 Å². The molecule has 27 heavy (non-hydrogen) atoms. The van der Waals surface area contributed by atoms with Crippen molar-refractivity contribution in [2.75, 3.05) is 26.7 Å². The number of hydrogen-bond acceptors (Lipinski definition) is 5. The molecule has 1 atom stereocenters. The van der Waals surface area contributed by atoms with E-state index in [1.807, 2.05) is 48.7 Å². The number of methoxy groups -OCH3 is 1. The van der Waals surface area contributed by atoms with Crippen molar-refractivity contribution in [2.45, 2.75) is 12.6 Å². The number of ether oxygens (including phenoxy) is 1. The number of pyridine rings is 1. The molecule has 4 rings (SSSR count). The second kappa shape index (κ2) is 7.38. The van der Waals surface area contributed by atoms with Gasteiger partial charge in [0.25, 0.3) is 0 Å². The minimum absolute atomic E-state index is 0.470. The summed E-state index contributed by atoms with van der Waals surface area (Å²) < 4.78 is 7.33. The summed E-state index contributed by atoms with van der Waals surface area (Å²) in [5.74, 6) is -0.0105. The zero-order valence-electron chi connectivity index (χ0n) is 15.1. The molecule has 0 spiro atoms. The Bertz CT molecular complexity index is 952. The quantitative estimate of drug-likeness (QED) is 0.718. The Morgan fingerprint density at radius 2 is 2.11 bits per heavy atom. The average molecular weight is 366 g/mol. The molecule has 1 fully saturated rings. The highest BCUT2D eigenvalue weighted by Crippen LogP contribution is 2.27. The van der Waals surface area contributed by atoms with Gasteiger partial charge in [-0.05, 0) is 36.4 Å². The van der Waals surface area contributed by atoms with E-state index in [4.69, 9.17) is 9.72 Å². The van der Waals surface area contributed by atoms with Crippen LogP contribution in [0.4, 0.5) is 0 Å². The second-order valence-corrected chi connectivity index (χ2v) is 6.64. The maximum atomic E-state index is 11.3. The summed E-state index contributed by atoms with van der Waals surface area (Å²) in [5, 5.41) is 12.4. The number of imidazole rings is 1. The van der Waals surface area contributed by atoms with Crippen LogP contribution in [0.5, 0.6) is 5.75 Å². The van der Waals surface area contributed by atoms with Crippen molar-refractivity contribution in [2.24, 2.45) is 0 Å². The average Bonchev–Trinajstić information content (AvgIpc) is 3.07. The van der Waals surface area contributed by atoms with Gasteiger partial charge in [0, 0.05) is 37.9 Å². The molecule has 2 aromatic heterocycles. The number of piperazine rings is 1. The van der Waals surface area contributed by atoms with Crippen LogP contribution < -0.4 is 10.1 Å². The predicted octanol–water partition coefficient (Wildman–Crippen LogP) is 1.87. The van der Waals surface area contributed by atoms with Gasteiger partial charge in [-0.1, -0.05) is 6.07 Å². The Morgan fingerprint density at radius 1 is 1.30 bits per heavy atom. The molecule has 0 bridgehead atoms. The van der Waals surface area contributed by atoms with Gasteiger partial charge in [-0.25, -0.2) is 4.98 Å². The molecule has 0 saturated carbocycles. The first-order valence-electron chi connectivity index (χ1n) is 8.94. The summed E-state index contributed by atoms with van der Waals surface area (Å²) in [5.41, 5.74) is 3.86. The molecule has 1 saturated heterocycles. The zero-order valence-corrected chi connectivity index (χ0v) is 15.1. The van der Waals surface area contributed by atoms with Crippen LogP contribution in [0.25, 0.3) is 16.9 Å². The van der Waals surface area contributed by atoms with Crippen molar-refractivity contribution in [1.82, 2.24) is 19.6 Å². The minimum Gasteiger partial charge on any atom is -0.497 e. The summed E-state index contributed by atoms with van der Waals surface area (Å²) in [6.07, 6.45) is 2.00. The number of aliphatic carboxylic acids is 1. The van der Waals surface area contributed by atoms with Gasteiger partial charge in [0.15, 0.2) is 0 Å². The van der Waals surface area contributed by atoms with Crippen molar-refractivity contribution in [3.05, 3.63) is 54.4 Å². The van der Waals surface area contributed by atoms with Crippen LogP contribution in [0.1, 0.15) is 5.69 Å². The van der Waals surface area contributed by atoms with Crippen molar-refractivity contribution in [3.63, 3.8) is 0 Å². The molecule has 1 aliphatic heterocycles. The normalized spacial score (nSPS) is 17.9. The predicted molar refractivity (Wildman–Crippen MR) is 102 cm³/mol. The van der Waals surface area contributed by atoms with Crippen LogP contribution in [0.15, 0.2) is 48.7 Å².